The summed E-state index contributed by atoms with van der Waals surface area (Å²) in [6, 6.07) is 8.68. The number of nitrogens with one attached hydrogen (secondary N) is 1. The number of methoxy groups -OCH3 is 1. The lowest BCUT2D eigenvalue weighted by atomic mass is 10.1. The van der Waals surface area contributed by atoms with Gasteiger partial charge in [-0.25, -0.2) is 0 Å². The molecule has 0 aliphatic rings. The Balaban J connectivity index is 1.82. The molecule has 0 bridgehead atoms. The number of amides is 1. The van der Waals surface area contributed by atoms with Gasteiger partial charge in [-0.15, -0.1) is 10.2 Å². The van der Waals surface area contributed by atoms with E-state index in [2.05, 4.69) is 29.4 Å². The fourth-order valence-corrected chi connectivity index (χ4v) is 3.04. The van der Waals surface area contributed by atoms with Crippen LogP contribution in [0.4, 0.5) is 5.69 Å². The maximum absolute atomic E-state index is 12.9. The van der Waals surface area contributed by atoms with Gasteiger partial charge in [-0.1, -0.05) is 31.5 Å². The highest BCUT2D eigenvalue weighted by molar-refractivity contribution is 6.32. The van der Waals surface area contributed by atoms with Gasteiger partial charge in [0, 0.05) is 16.8 Å². The summed E-state index contributed by atoms with van der Waals surface area (Å²) >= 11 is 6.39. The highest BCUT2D eigenvalue weighted by Gasteiger charge is 2.17. The average molecular weight is 430 g/mol. The monoisotopic (exact) mass is 429 g/mol. The molecule has 30 heavy (non-hydrogen) atoms. The second-order valence-electron chi connectivity index (χ2n) is 7.25. The maximum Gasteiger partial charge on any atom is 0.255 e. The first-order chi connectivity index (χ1) is 14.4. The Labute approximate surface area is 180 Å². The van der Waals surface area contributed by atoms with Crippen LogP contribution in [0.25, 0.3) is 11.5 Å². The summed E-state index contributed by atoms with van der Waals surface area (Å²) in [6.07, 6.45) is 2.14. The van der Waals surface area contributed by atoms with Crippen LogP contribution in [0.1, 0.15) is 36.2 Å². The molecule has 158 valence electrons. The van der Waals surface area contributed by atoms with E-state index >= 15 is 0 Å². The summed E-state index contributed by atoms with van der Waals surface area (Å²) < 4.78 is 16.4. The third kappa shape index (κ3) is 5.10. The van der Waals surface area contributed by atoms with E-state index in [1.807, 2.05) is 19.1 Å². The lowest BCUT2D eigenvalue weighted by Gasteiger charge is -2.15. The first-order valence-electron chi connectivity index (χ1n) is 9.58. The van der Waals surface area contributed by atoms with Gasteiger partial charge in [-0.05, 0) is 49.1 Å². The molecule has 0 fully saturated rings. The molecule has 7 nitrogen and oxygen atoms in total. The van der Waals surface area contributed by atoms with Crippen LogP contribution in [0.3, 0.4) is 0 Å². The third-order valence-electron chi connectivity index (χ3n) is 4.53. The number of anilines is 1. The summed E-state index contributed by atoms with van der Waals surface area (Å²) in [5.41, 5.74) is 2.58. The molecule has 1 heterocycles. The van der Waals surface area contributed by atoms with Crippen LogP contribution in [0.15, 0.2) is 41.1 Å². The molecule has 0 spiro atoms. The van der Waals surface area contributed by atoms with E-state index in [0.29, 0.717) is 51.8 Å². The minimum absolute atomic E-state index is 0.319. The summed E-state index contributed by atoms with van der Waals surface area (Å²) in [5.74, 6) is 1.40. The van der Waals surface area contributed by atoms with Gasteiger partial charge in [0.15, 0.2) is 11.5 Å². The van der Waals surface area contributed by atoms with Crippen molar-refractivity contribution >= 4 is 23.2 Å². The van der Waals surface area contributed by atoms with Crippen LogP contribution < -0.4 is 14.8 Å². The second-order valence-corrected chi connectivity index (χ2v) is 7.66. The molecule has 2 aromatic carbocycles. The van der Waals surface area contributed by atoms with Crippen molar-refractivity contribution in [1.29, 1.82) is 0 Å². The van der Waals surface area contributed by atoms with Crippen molar-refractivity contribution in [3.63, 3.8) is 0 Å². The smallest absolute Gasteiger partial charge is 0.255 e. The molecule has 0 atom stereocenters. The van der Waals surface area contributed by atoms with Crippen molar-refractivity contribution in [3.8, 4) is 23.0 Å². The number of halogens is 1. The molecule has 1 N–H and O–H groups in total. The van der Waals surface area contributed by atoms with Crippen molar-refractivity contribution in [1.82, 2.24) is 10.2 Å². The molecular formula is C22H24ClN3O4. The van der Waals surface area contributed by atoms with Gasteiger partial charge in [0.2, 0.25) is 12.3 Å². The van der Waals surface area contributed by atoms with Gasteiger partial charge in [-0.3, -0.25) is 4.79 Å². The third-order valence-corrected chi connectivity index (χ3v) is 4.81. The number of ether oxygens (including phenoxy) is 2. The zero-order chi connectivity index (χ0) is 21.7. The van der Waals surface area contributed by atoms with E-state index in [-0.39, 0.29) is 5.91 Å². The lowest BCUT2D eigenvalue weighted by Crippen LogP contribution is -2.13. The number of aromatic nitrogens is 2. The molecule has 1 amide bonds. The number of benzene rings is 2. The first kappa shape index (κ1) is 21.6. The predicted octanol–water partition coefficient (Wildman–Crippen LogP) is 5.38. The Morgan fingerprint density at radius 1 is 1.27 bits per heavy atom. The van der Waals surface area contributed by atoms with E-state index in [1.165, 1.54) is 13.5 Å². The van der Waals surface area contributed by atoms with Crippen LogP contribution in [0.5, 0.6) is 11.5 Å². The molecule has 0 unspecified atom stereocenters. The number of rotatable bonds is 8. The Bertz CT molecular complexity index is 1020. The average Bonchev–Trinajstić information content (AvgIpc) is 3.25. The Morgan fingerprint density at radius 3 is 2.73 bits per heavy atom. The molecule has 0 saturated heterocycles. The van der Waals surface area contributed by atoms with Gasteiger partial charge in [0.1, 0.15) is 0 Å². The number of nitrogens with zero attached hydrogens (tertiary/aromatic N) is 2. The van der Waals surface area contributed by atoms with E-state index in [4.69, 9.17) is 25.5 Å². The number of hydrogen-bond donors (Lipinski definition) is 1. The van der Waals surface area contributed by atoms with Gasteiger partial charge < -0.3 is 19.2 Å². The molecule has 3 rings (SSSR count). The zero-order valence-electron chi connectivity index (χ0n) is 17.4. The Hall–Kier alpha value is -3.06. The van der Waals surface area contributed by atoms with E-state index in [9.17, 15) is 4.79 Å². The van der Waals surface area contributed by atoms with E-state index in [1.54, 1.807) is 18.2 Å². The van der Waals surface area contributed by atoms with Gasteiger partial charge in [-0.2, -0.15) is 0 Å². The number of aryl methyl sites for hydroxylation is 1. The molecule has 0 radical (unpaired) electrons. The second kappa shape index (κ2) is 9.63. The molecule has 8 heteroatoms. The van der Waals surface area contributed by atoms with Crippen molar-refractivity contribution in [3.05, 3.63) is 52.9 Å². The summed E-state index contributed by atoms with van der Waals surface area (Å²) in [4.78, 5) is 12.9. The lowest BCUT2D eigenvalue weighted by molar-refractivity contribution is 0.102. The van der Waals surface area contributed by atoms with Crippen molar-refractivity contribution in [2.24, 2.45) is 5.92 Å². The number of carbonyl (C=O) groups excluding carboxylic acids is 1. The highest BCUT2D eigenvalue weighted by atomic mass is 35.5. The van der Waals surface area contributed by atoms with Gasteiger partial charge >= 0.3 is 0 Å². The van der Waals surface area contributed by atoms with Gasteiger partial charge in [0.05, 0.1) is 18.7 Å². The van der Waals surface area contributed by atoms with Crippen LogP contribution >= 0.6 is 11.6 Å². The summed E-state index contributed by atoms with van der Waals surface area (Å²) in [6.45, 7) is 6.64. The summed E-state index contributed by atoms with van der Waals surface area (Å²) in [5, 5.41) is 10.8. The normalized spacial score (nSPS) is 10.9. The largest absolute Gasteiger partial charge is 0.493 e. The van der Waals surface area contributed by atoms with E-state index in [0.717, 1.165) is 12.0 Å². The number of hydrogen-bond acceptors (Lipinski definition) is 6. The SMILES string of the molecule is COc1cc(C(=O)Nc2cc(-c3nnco3)ccc2C)cc(Cl)c1OCCC(C)C. The highest BCUT2D eigenvalue weighted by Crippen LogP contribution is 2.37. The Kier molecular flexibility index (Phi) is 6.95. The molecule has 3 aromatic rings. The van der Waals surface area contributed by atoms with Crippen molar-refractivity contribution < 1.29 is 18.7 Å². The van der Waals surface area contributed by atoms with Crippen molar-refractivity contribution in [2.75, 3.05) is 19.0 Å². The predicted molar refractivity (Wildman–Crippen MR) is 115 cm³/mol. The fourth-order valence-electron chi connectivity index (χ4n) is 2.77. The zero-order valence-corrected chi connectivity index (χ0v) is 18.1. The molecule has 0 aliphatic heterocycles. The Morgan fingerprint density at radius 2 is 2.07 bits per heavy atom. The minimum Gasteiger partial charge on any atom is -0.493 e. The molecule has 1 aromatic heterocycles. The topological polar surface area (TPSA) is 86.5 Å². The van der Waals surface area contributed by atoms with Crippen LogP contribution in [-0.2, 0) is 0 Å². The standard InChI is InChI=1S/C22H24ClN3O4/c1-13(2)7-8-29-20-17(23)9-16(11-19(20)28-4)21(27)25-18-10-15(6-5-14(18)3)22-26-24-12-30-22/h5-6,9-13H,7-8H2,1-4H3,(H,25,27). The van der Waals surface area contributed by atoms with Crippen LogP contribution in [-0.4, -0.2) is 29.8 Å². The quantitative estimate of drug-likeness (QED) is 0.517. The number of carbonyl (C=O) groups is 1. The first-order valence-corrected chi connectivity index (χ1v) is 9.95. The molecule has 0 saturated carbocycles. The van der Waals surface area contributed by atoms with E-state index < -0.39 is 0 Å². The summed E-state index contributed by atoms with van der Waals surface area (Å²) in [7, 11) is 1.51. The molecular weight excluding hydrogens is 406 g/mol. The van der Waals surface area contributed by atoms with Crippen LogP contribution in [0.2, 0.25) is 5.02 Å². The van der Waals surface area contributed by atoms with Crippen LogP contribution in [0, 0.1) is 12.8 Å². The fraction of sp³-hybridized carbons (Fsp3) is 0.318. The van der Waals surface area contributed by atoms with Crippen molar-refractivity contribution in [2.45, 2.75) is 27.2 Å². The maximum atomic E-state index is 12.9. The molecule has 0 aliphatic carbocycles. The minimum atomic E-state index is -0.324. The van der Waals surface area contributed by atoms with Gasteiger partial charge in [0.25, 0.3) is 5.91 Å².